The first-order valence-electron chi connectivity index (χ1n) is 12.9. The maximum Gasteiger partial charge on any atom is 0.309 e. The predicted octanol–water partition coefficient (Wildman–Crippen LogP) is 3.52. The van der Waals surface area contributed by atoms with Crippen LogP contribution in [0, 0.1) is 23.2 Å². The van der Waals surface area contributed by atoms with Crippen LogP contribution in [-0.4, -0.2) is 62.6 Å². The SMILES string of the molecule is C/C(=C\c1csc(CO)n1)[C@H]1OC(=O)C[C@H](O)C(C)(C)C(=O)[C@H](C)[C@@H](O)[C@@H](C)CCC[C@H]2O[C@H]2[C@@H]1C. The summed E-state index contributed by atoms with van der Waals surface area (Å²) < 4.78 is 11.9. The number of nitrogens with zero attached hydrogens (tertiary/aromatic N) is 1. The maximum absolute atomic E-state index is 13.2. The van der Waals surface area contributed by atoms with E-state index in [0.717, 1.165) is 24.8 Å². The number of carbonyl (C=O) groups is 2. The average Bonchev–Trinajstić information content (AvgIpc) is 3.47. The molecule has 0 amide bonds. The van der Waals surface area contributed by atoms with Crippen molar-refractivity contribution in [3.63, 3.8) is 0 Å². The number of aromatic nitrogens is 1. The molecule has 0 spiro atoms. The van der Waals surface area contributed by atoms with Gasteiger partial charge < -0.3 is 24.8 Å². The zero-order valence-electron chi connectivity index (χ0n) is 22.1. The van der Waals surface area contributed by atoms with E-state index in [9.17, 15) is 24.9 Å². The van der Waals surface area contributed by atoms with E-state index in [4.69, 9.17) is 9.47 Å². The van der Waals surface area contributed by atoms with E-state index < -0.39 is 35.6 Å². The van der Waals surface area contributed by atoms with Crippen molar-refractivity contribution in [2.45, 2.75) is 104 Å². The first kappa shape index (κ1) is 28.9. The van der Waals surface area contributed by atoms with Crippen molar-refractivity contribution in [2.24, 2.45) is 23.2 Å². The molecule has 3 heterocycles. The standard InChI is InChI=1S/C27H41NO7S/c1-14-8-7-9-19-25(34-19)17(4)24(15(2)10-18-13-36-21(12-29)28-18)35-22(31)11-20(30)27(5,6)26(33)16(3)23(14)32/h10,13-14,16-17,19-20,23-25,29-30,32H,7-9,11-12H2,1-6H3/b15-10+/t14-,16+,17+,19+,20-,23-,24+,25-/m0/s1. The summed E-state index contributed by atoms with van der Waals surface area (Å²) in [6.07, 6.45) is 1.25. The van der Waals surface area contributed by atoms with Crippen LogP contribution >= 0.6 is 11.3 Å². The molecule has 0 unspecified atom stereocenters. The Morgan fingerprint density at radius 3 is 2.56 bits per heavy atom. The van der Waals surface area contributed by atoms with Gasteiger partial charge >= 0.3 is 5.97 Å². The largest absolute Gasteiger partial charge is 0.457 e. The molecule has 0 saturated carbocycles. The summed E-state index contributed by atoms with van der Waals surface area (Å²) in [6, 6.07) is 0. The van der Waals surface area contributed by atoms with Crippen molar-refractivity contribution in [1.29, 1.82) is 0 Å². The van der Waals surface area contributed by atoms with Crippen molar-refractivity contribution >= 4 is 29.2 Å². The topological polar surface area (TPSA) is 129 Å². The summed E-state index contributed by atoms with van der Waals surface area (Å²) >= 11 is 1.35. The Hall–Kier alpha value is -1.65. The average molecular weight is 524 g/mol. The van der Waals surface area contributed by atoms with Gasteiger partial charge in [0, 0.05) is 17.2 Å². The molecule has 2 saturated heterocycles. The zero-order valence-corrected chi connectivity index (χ0v) is 23.0. The number of aliphatic hydroxyl groups is 3. The van der Waals surface area contributed by atoms with Gasteiger partial charge in [0.2, 0.25) is 0 Å². The molecule has 0 aliphatic carbocycles. The molecule has 202 valence electrons. The van der Waals surface area contributed by atoms with Crippen molar-refractivity contribution in [2.75, 3.05) is 0 Å². The van der Waals surface area contributed by atoms with Crippen molar-refractivity contribution in [3.05, 3.63) is 21.7 Å². The van der Waals surface area contributed by atoms with E-state index in [0.29, 0.717) is 10.7 Å². The van der Waals surface area contributed by atoms with Gasteiger partial charge in [-0.15, -0.1) is 11.3 Å². The number of hydrogen-bond donors (Lipinski definition) is 3. The van der Waals surface area contributed by atoms with Crippen molar-refractivity contribution in [3.8, 4) is 0 Å². The monoisotopic (exact) mass is 523 g/mol. The third-order valence-electron chi connectivity index (χ3n) is 7.89. The van der Waals surface area contributed by atoms with Gasteiger partial charge in [-0.2, -0.15) is 0 Å². The summed E-state index contributed by atoms with van der Waals surface area (Å²) in [5.41, 5.74) is 0.239. The van der Waals surface area contributed by atoms with E-state index in [1.54, 1.807) is 20.8 Å². The fourth-order valence-corrected chi connectivity index (χ4v) is 5.84. The molecule has 8 atom stereocenters. The maximum atomic E-state index is 13.2. The first-order chi connectivity index (χ1) is 16.9. The number of esters is 1. The third-order valence-corrected chi connectivity index (χ3v) is 8.74. The highest BCUT2D eigenvalue weighted by Gasteiger charge is 2.47. The number of Topliss-reactive ketones (excluding diaryl/α,β-unsaturated/α-hetero) is 1. The number of ketones is 1. The minimum Gasteiger partial charge on any atom is -0.457 e. The minimum atomic E-state index is -1.26. The van der Waals surface area contributed by atoms with E-state index >= 15 is 0 Å². The lowest BCUT2D eigenvalue weighted by atomic mass is 9.73. The van der Waals surface area contributed by atoms with Gasteiger partial charge in [0.15, 0.2) is 0 Å². The second-order valence-corrected chi connectivity index (χ2v) is 12.1. The molecule has 0 aromatic carbocycles. The van der Waals surface area contributed by atoms with E-state index in [2.05, 4.69) is 4.98 Å². The Bertz CT molecular complexity index is 958. The molecule has 9 heteroatoms. The van der Waals surface area contributed by atoms with Gasteiger partial charge in [-0.25, -0.2) is 4.98 Å². The van der Waals surface area contributed by atoms with Gasteiger partial charge in [0.25, 0.3) is 0 Å². The second-order valence-electron chi connectivity index (χ2n) is 11.1. The van der Waals surface area contributed by atoms with Crippen molar-refractivity contribution in [1.82, 2.24) is 4.98 Å². The Kier molecular flexibility index (Phi) is 9.49. The fraction of sp³-hybridized carbons (Fsp3) is 0.741. The lowest BCUT2D eigenvalue weighted by Crippen LogP contribution is -2.46. The minimum absolute atomic E-state index is 0.0510. The molecule has 3 rings (SSSR count). The smallest absolute Gasteiger partial charge is 0.309 e. The van der Waals surface area contributed by atoms with Gasteiger partial charge in [0.05, 0.1) is 48.6 Å². The molecule has 3 N–H and O–H groups in total. The van der Waals surface area contributed by atoms with Crippen LogP contribution in [-0.2, 0) is 25.7 Å². The highest BCUT2D eigenvalue weighted by atomic mass is 32.1. The Balaban J connectivity index is 1.87. The number of hydrogen-bond acceptors (Lipinski definition) is 9. The molecular weight excluding hydrogens is 482 g/mol. The number of epoxide rings is 1. The first-order valence-corrected chi connectivity index (χ1v) is 13.7. The molecule has 0 bridgehead atoms. The fourth-order valence-electron chi connectivity index (χ4n) is 5.23. The van der Waals surface area contributed by atoms with Crippen LogP contribution in [0.1, 0.15) is 77.9 Å². The number of ether oxygens (including phenoxy) is 2. The summed E-state index contributed by atoms with van der Waals surface area (Å²) in [5, 5.41) is 33.5. The van der Waals surface area contributed by atoms with Crippen LogP contribution < -0.4 is 0 Å². The van der Waals surface area contributed by atoms with Gasteiger partial charge in [-0.1, -0.05) is 41.0 Å². The van der Waals surface area contributed by atoms with E-state index in [1.165, 1.54) is 11.3 Å². The molecule has 36 heavy (non-hydrogen) atoms. The van der Waals surface area contributed by atoms with E-state index in [-0.39, 0.29) is 42.9 Å². The predicted molar refractivity (Wildman–Crippen MR) is 137 cm³/mol. The van der Waals surface area contributed by atoms with Gasteiger partial charge in [-0.05, 0) is 37.3 Å². The van der Waals surface area contributed by atoms with Crippen LogP contribution in [0.3, 0.4) is 0 Å². The van der Waals surface area contributed by atoms with Crippen LogP contribution in [0.5, 0.6) is 0 Å². The number of thiazole rings is 1. The Morgan fingerprint density at radius 1 is 1.22 bits per heavy atom. The lowest BCUT2D eigenvalue weighted by Gasteiger charge is -2.34. The van der Waals surface area contributed by atoms with E-state index in [1.807, 2.05) is 32.2 Å². The molecule has 8 nitrogen and oxygen atoms in total. The third kappa shape index (κ3) is 6.61. The van der Waals surface area contributed by atoms with Crippen LogP contribution in [0.2, 0.25) is 0 Å². The Morgan fingerprint density at radius 2 is 1.92 bits per heavy atom. The summed E-state index contributed by atoms with van der Waals surface area (Å²) in [6.45, 7) is 10.6. The molecule has 0 radical (unpaired) electrons. The summed E-state index contributed by atoms with van der Waals surface area (Å²) in [7, 11) is 0. The number of fused-ring (bicyclic) bond motifs is 1. The molecule has 2 fully saturated rings. The lowest BCUT2D eigenvalue weighted by molar-refractivity contribution is -0.156. The Labute approximate surface area is 217 Å². The molecule has 2 aliphatic heterocycles. The van der Waals surface area contributed by atoms with Crippen LogP contribution in [0.4, 0.5) is 0 Å². The highest BCUT2D eigenvalue weighted by molar-refractivity contribution is 7.09. The number of aliphatic hydroxyl groups excluding tert-OH is 3. The summed E-state index contributed by atoms with van der Waals surface area (Å²) in [4.78, 5) is 30.6. The number of cyclic esters (lactones) is 1. The van der Waals surface area contributed by atoms with Crippen LogP contribution in [0.25, 0.3) is 6.08 Å². The normalized spacial score (nSPS) is 36.8. The zero-order chi connectivity index (χ0) is 26.8. The molecule has 2 aliphatic rings. The summed E-state index contributed by atoms with van der Waals surface area (Å²) in [5.74, 6) is -1.76. The van der Waals surface area contributed by atoms with Gasteiger partial charge in [-0.3, -0.25) is 9.59 Å². The van der Waals surface area contributed by atoms with Crippen LogP contribution in [0.15, 0.2) is 11.0 Å². The number of carbonyl (C=O) groups excluding carboxylic acids is 2. The quantitative estimate of drug-likeness (QED) is 0.405. The van der Waals surface area contributed by atoms with Crippen molar-refractivity contribution < 1.29 is 34.4 Å². The second kappa shape index (κ2) is 11.8. The highest BCUT2D eigenvalue weighted by Crippen LogP contribution is 2.39. The molecule has 1 aromatic heterocycles. The van der Waals surface area contributed by atoms with Gasteiger partial charge in [0.1, 0.15) is 16.9 Å². The molecule has 1 aromatic rings. The molecular formula is C27H41NO7S. The number of rotatable bonds is 3.